The third-order valence-electron chi connectivity index (χ3n) is 5.41. The van der Waals surface area contributed by atoms with E-state index in [0.717, 1.165) is 5.56 Å². The van der Waals surface area contributed by atoms with Gasteiger partial charge in [-0.15, -0.1) is 5.10 Å². The maximum Gasteiger partial charge on any atom is 0.291 e. The molecule has 3 aromatic heterocycles. The summed E-state index contributed by atoms with van der Waals surface area (Å²) in [6.07, 6.45) is 6.78. The van der Waals surface area contributed by atoms with Gasteiger partial charge < -0.3 is 13.9 Å². The molecule has 3 heterocycles. The Balaban J connectivity index is 1.37. The normalized spacial score (nSPS) is 11.9. The first kappa shape index (κ1) is 24.7. The minimum absolute atomic E-state index is 0.0321. The van der Waals surface area contributed by atoms with E-state index in [9.17, 15) is 14.9 Å². The van der Waals surface area contributed by atoms with Gasteiger partial charge in [0.25, 0.3) is 11.2 Å². The fourth-order valence-corrected chi connectivity index (χ4v) is 4.53. The smallest absolute Gasteiger partial charge is 0.291 e. The van der Waals surface area contributed by atoms with Crippen LogP contribution in [-0.2, 0) is 0 Å². The molecule has 11 heteroatoms. The summed E-state index contributed by atoms with van der Waals surface area (Å²) in [5.74, 6) is 2.47. The molecule has 2 aromatic carbocycles. The van der Waals surface area contributed by atoms with Crippen LogP contribution in [0.1, 0.15) is 17.1 Å². The van der Waals surface area contributed by atoms with E-state index in [-0.39, 0.29) is 11.2 Å². The lowest BCUT2D eigenvalue weighted by Crippen LogP contribution is -2.23. The van der Waals surface area contributed by atoms with Crippen molar-refractivity contribution in [3.05, 3.63) is 109 Å². The summed E-state index contributed by atoms with van der Waals surface area (Å²) in [6, 6.07) is 15.0. The summed E-state index contributed by atoms with van der Waals surface area (Å²) >= 11 is 1.18. The number of methoxy groups -OCH3 is 1. The van der Waals surface area contributed by atoms with E-state index in [1.165, 1.54) is 28.0 Å². The third-order valence-corrected chi connectivity index (χ3v) is 6.37. The summed E-state index contributed by atoms with van der Waals surface area (Å²) in [6.45, 7) is 4.01. The van der Waals surface area contributed by atoms with Crippen molar-refractivity contribution < 1.29 is 18.8 Å². The number of nitrogens with zero attached hydrogens (tertiary/aromatic N) is 4. The second-order valence-corrected chi connectivity index (χ2v) is 8.94. The van der Waals surface area contributed by atoms with Gasteiger partial charge in [-0.05, 0) is 35.9 Å². The molecular formula is C27H20N4O6S. The first-order valence-corrected chi connectivity index (χ1v) is 12.1. The molecule has 0 saturated heterocycles. The van der Waals surface area contributed by atoms with Crippen molar-refractivity contribution in [2.75, 3.05) is 13.7 Å². The molecule has 0 radical (unpaired) electrons. The zero-order chi connectivity index (χ0) is 26.6. The van der Waals surface area contributed by atoms with Crippen LogP contribution in [0.4, 0.5) is 5.69 Å². The lowest BCUT2D eigenvalue weighted by molar-refractivity contribution is -0.384. The minimum atomic E-state index is -0.464. The Morgan fingerprint density at radius 2 is 2.03 bits per heavy atom. The van der Waals surface area contributed by atoms with Gasteiger partial charge in [0.15, 0.2) is 17.3 Å². The van der Waals surface area contributed by atoms with Crippen LogP contribution in [0.2, 0.25) is 0 Å². The number of hydrogen-bond donors (Lipinski definition) is 0. The van der Waals surface area contributed by atoms with Crippen LogP contribution < -0.4 is 19.6 Å². The quantitative estimate of drug-likeness (QED) is 0.154. The first-order chi connectivity index (χ1) is 18.4. The molecule has 5 rings (SSSR count). The molecule has 0 aliphatic heterocycles. The van der Waals surface area contributed by atoms with Crippen molar-refractivity contribution in [1.29, 1.82) is 0 Å². The Hall–Kier alpha value is -5.03. The minimum Gasteiger partial charge on any atom is -0.493 e. The average Bonchev–Trinajstić information content (AvgIpc) is 3.63. The third kappa shape index (κ3) is 5.08. The fourth-order valence-electron chi connectivity index (χ4n) is 3.63. The molecular weight excluding hydrogens is 508 g/mol. The molecule has 190 valence electrons. The van der Waals surface area contributed by atoms with Gasteiger partial charge in [-0.3, -0.25) is 14.9 Å². The topological polar surface area (TPSA) is 122 Å². The monoisotopic (exact) mass is 528 g/mol. The van der Waals surface area contributed by atoms with E-state index >= 15 is 0 Å². The number of hydrogen-bond acceptors (Lipinski definition) is 9. The highest BCUT2D eigenvalue weighted by molar-refractivity contribution is 7.15. The highest BCUT2D eigenvalue weighted by Gasteiger charge is 2.12. The van der Waals surface area contributed by atoms with Crippen molar-refractivity contribution in [1.82, 2.24) is 14.6 Å². The van der Waals surface area contributed by atoms with Gasteiger partial charge in [-0.25, -0.2) is 0 Å². The Bertz CT molecular complexity index is 1800. The molecule has 0 atom stereocenters. The van der Waals surface area contributed by atoms with Gasteiger partial charge in [0.2, 0.25) is 4.96 Å². The van der Waals surface area contributed by atoms with E-state index in [2.05, 4.69) is 16.7 Å². The van der Waals surface area contributed by atoms with Gasteiger partial charge in [0.05, 0.1) is 12.0 Å². The van der Waals surface area contributed by atoms with Crippen LogP contribution >= 0.6 is 11.3 Å². The summed E-state index contributed by atoms with van der Waals surface area (Å²) < 4.78 is 18.4. The number of nitro groups is 1. The van der Waals surface area contributed by atoms with Crippen LogP contribution in [0.3, 0.4) is 0 Å². The maximum atomic E-state index is 12.9. The van der Waals surface area contributed by atoms with E-state index in [1.54, 1.807) is 55.7 Å². The molecule has 0 aliphatic carbocycles. The largest absolute Gasteiger partial charge is 0.493 e. The number of fused-ring (bicyclic) bond motifs is 1. The van der Waals surface area contributed by atoms with Crippen molar-refractivity contribution >= 4 is 40.2 Å². The molecule has 0 saturated carbocycles. The van der Waals surface area contributed by atoms with Crippen molar-refractivity contribution in [3.63, 3.8) is 0 Å². The number of thiazole rings is 1. The van der Waals surface area contributed by atoms with E-state index < -0.39 is 4.92 Å². The van der Waals surface area contributed by atoms with Gasteiger partial charge >= 0.3 is 0 Å². The molecule has 0 fully saturated rings. The zero-order valence-electron chi connectivity index (χ0n) is 20.1. The number of rotatable bonds is 9. The second kappa shape index (κ2) is 10.5. The molecule has 0 aliphatic rings. The van der Waals surface area contributed by atoms with E-state index in [0.29, 0.717) is 50.5 Å². The Kier molecular flexibility index (Phi) is 6.83. The van der Waals surface area contributed by atoms with E-state index in [1.807, 2.05) is 18.2 Å². The van der Waals surface area contributed by atoms with Gasteiger partial charge in [0.1, 0.15) is 22.7 Å². The number of benzene rings is 2. The standard InChI is InChI=1S/C27H20N4O6S/c1-3-13-36-22-10-7-17(14-23(22)35-2)8-12-25-28-27-30(29-25)26(32)24(38-27)16-20-9-11-21(37-20)18-5-4-6-19(15-18)31(33)34/h3-12,14-16H,1,13H2,2H3/b12-8+,24-16-. The summed E-state index contributed by atoms with van der Waals surface area (Å²) in [5, 5.41) is 15.3. The molecule has 0 amide bonds. The molecule has 0 unspecified atom stereocenters. The highest BCUT2D eigenvalue weighted by Crippen LogP contribution is 2.29. The number of ether oxygens (including phenoxy) is 2. The number of non-ortho nitro benzene ring substituents is 1. The molecule has 0 spiro atoms. The van der Waals surface area contributed by atoms with Crippen LogP contribution in [0, 0.1) is 10.1 Å². The summed E-state index contributed by atoms with van der Waals surface area (Å²) in [7, 11) is 1.57. The fraction of sp³-hybridized carbons (Fsp3) is 0.0741. The average molecular weight is 529 g/mol. The maximum absolute atomic E-state index is 12.9. The molecule has 10 nitrogen and oxygen atoms in total. The number of furan rings is 1. The van der Waals surface area contributed by atoms with Crippen LogP contribution in [0.15, 0.2) is 76.5 Å². The number of aromatic nitrogens is 3. The van der Waals surface area contributed by atoms with Crippen molar-refractivity contribution in [2.45, 2.75) is 0 Å². The Labute approximate surface area is 219 Å². The SMILES string of the molecule is C=CCOc1ccc(/C=C/c2nc3s/c(=C\c4ccc(-c5cccc([N+](=O)[O-])c5)o4)c(=O)n3n2)cc1OC. The van der Waals surface area contributed by atoms with Gasteiger partial charge in [-0.2, -0.15) is 9.50 Å². The summed E-state index contributed by atoms with van der Waals surface area (Å²) in [4.78, 5) is 28.3. The van der Waals surface area contributed by atoms with Crippen molar-refractivity contribution in [2.24, 2.45) is 0 Å². The lowest BCUT2D eigenvalue weighted by Gasteiger charge is -2.09. The Morgan fingerprint density at radius 3 is 2.79 bits per heavy atom. The second-order valence-electron chi connectivity index (χ2n) is 7.93. The number of nitro benzene ring substituents is 1. The van der Waals surface area contributed by atoms with Crippen LogP contribution in [-0.4, -0.2) is 33.2 Å². The zero-order valence-corrected chi connectivity index (χ0v) is 20.9. The van der Waals surface area contributed by atoms with Crippen LogP contribution in [0.5, 0.6) is 11.5 Å². The highest BCUT2D eigenvalue weighted by atomic mass is 32.1. The summed E-state index contributed by atoms with van der Waals surface area (Å²) in [5.41, 5.74) is 1.06. The molecule has 38 heavy (non-hydrogen) atoms. The van der Waals surface area contributed by atoms with E-state index in [4.69, 9.17) is 13.9 Å². The lowest BCUT2D eigenvalue weighted by atomic mass is 10.1. The van der Waals surface area contributed by atoms with Gasteiger partial charge in [0, 0.05) is 23.8 Å². The predicted molar refractivity (Wildman–Crippen MR) is 144 cm³/mol. The molecule has 0 bridgehead atoms. The predicted octanol–water partition coefficient (Wildman–Crippen LogP) is 4.61. The molecule has 5 aromatic rings. The first-order valence-electron chi connectivity index (χ1n) is 11.3. The van der Waals surface area contributed by atoms with Crippen LogP contribution in [0.25, 0.3) is 34.5 Å². The molecule has 0 N–H and O–H groups in total. The Morgan fingerprint density at radius 1 is 1.16 bits per heavy atom. The van der Waals surface area contributed by atoms with Gasteiger partial charge in [-0.1, -0.05) is 48.3 Å². The van der Waals surface area contributed by atoms with Crippen molar-refractivity contribution in [3.8, 4) is 22.8 Å².